The van der Waals surface area contributed by atoms with Gasteiger partial charge in [0.25, 0.3) is 0 Å². The van der Waals surface area contributed by atoms with Crippen LogP contribution >= 0.6 is 0 Å². The summed E-state index contributed by atoms with van der Waals surface area (Å²) in [6, 6.07) is 0. The molecule has 0 unspecified atom stereocenters. The standard InChI is InChI=1S/C21H31NO3/c1-13-5-6-16-15(12-22-24-4)17(8-10-20(13,16)2)21(3)9-7-14-11-18(21)19(23)25-14/h12,14-18H,1,5-11H2,2-4H3/b22-12-/t14-,15-,16-,17-,18+,20+,21+/m0/s1. The molecule has 25 heavy (non-hydrogen) atoms. The second-order valence-electron chi connectivity index (χ2n) is 9.22. The van der Waals surface area contributed by atoms with Crippen LogP contribution in [0, 0.1) is 34.5 Å². The monoisotopic (exact) mass is 345 g/mol. The van der Waals surface area contributed by atoms with Gasteiger partial charge in [0.2, 0.25) is 0 Å². The molecule has 4 nitrogen and oxygen atoms in total. The highest BCUT2D eigenvalue weighted by Crippen LogP contribution is 2.64. The number of fused-ring (bicyclic) bond motifs is 3. The third kappa shape index (κ3) is 2.39. The van der Waals surface area contributed by atoms with E-state index in [1.54, 1.807) is 7.11 Å². The normalized spacial score (nSPS) is 49.3. The molecule has 0 aromatic carbocycles. The van der Waals surface area contributed by atoms with Crippen LogP contribution in [-0.4, -0.2) is 25.4 Å². The molecule has 138 valence electrons. The zero-order valence-corrected chi connectivity index (χ0v) is 15.8. The van der Waals surface area contributed by atoms with Crippen molar-refractivity contribution in [2.45, 2.75) is 64.9 Å². The van der Waals surface area contributed by atoms with Crippen molar-refractivity contribution in [1.29, 1.82) is 0 Å². The summed E-state index contributed by atoms with van der Waals surface area (Å²) in [6.45, 7) is 9.11. The van der Waals surface area contributed by atoms with Gasteiger partial charge in [0.05, 0.1) is 5.92 Å². The van der Waals surface area contributed by atoms with Gasteiger partial charge in [-0.2, -0.15) is 0 Å². The zero-order valence-electron chi connectivity index (χ0n) is 15.8. The van der Waals surface area contributed by atoms with Crippen LogP contribution < -0.4 is 0 Å². The molecule has 4 fully saturated rings. The van der Waals surface area contributed by atoms with Gasteiger partial charge in [0.1, 0.15) is 13.2 Å². The second kappa shape index (κ2) is 5.85. The molecule has 0 aromatic rings. The molecule has 1 heterocycles. The molecule has 2 bridgehead atoms. The first-order valence-corrected chi connectivity index (χ1v) is 9.85. The van der Waals surface area contributed by atoms with Crippen molar-refractivity contribution in [1.82, 2.24) is 0 Å². The highest BCUT2D eigenvalue weighted by atomic mass is 16.6. The number of hydrogen-bond acceptors (Lipinski definition) is 4. The lowest BCUT2D eigenvalue weighted by atomic mass is 9.50. The predicted molar refractivity (Wildman–Crippen MR) is 97.0 cm³/mol. The molecule has 0 amide bonds. The first-order chi connectivity index (χ1) is 11.9. The molecular formula is C21H31NO3. The molecule has 3 saturated carbocycles. The lowest BCUT2D eigenvalue weighted by molar-refractivity contribution is -0.146. The topological polar surface area (TPSA) is 47.9 Å². The number of allylic oxidation sites excluding steroid dienone is 1. The van der Waals surface area contributed by atoms with E-state index in [0.717, 1.165) is 32.1 Å². The predicted octanol–water partition coefficient (Wildman–Crippen LogP) is 4.35. The fourth-order valence-corrected chi connectivity index (χ4v) is 6.67. The van der Waals surface area contributed by atoms with Crippen LogP contribution in [0.5, 0.6) is 0 Å². The van der Waals surface area contributed by atoms with Crippen LogP contribution in [0.2, 0.25) is 0 Å². The Labute approximate surface area is 151 Å². The van der Waals surface area contributed by atoms with Crippen molar-refractivity contribution in [2.24, 2.45) is 39.7 Å². The minimum atomic E-state index is 0.0137. The Bertz CT molecular complexity index is 614. The number of oxime groups is 1. The lowest BCUT2D eigenvalue weighted by Crippen LogP contribution is -2.50. The Morgan fingerprint density at radius 3 is 2.80 bits per heavy atom. The van der Waals surface area contributed by atoms with Crippen molar-refractivity contribution >= 4 is 12.2 Å². The fraction of sp³-hybridized carbons (Fsp3) is 0.810. The minimum Gasteiger partial charge on any atom is -0.462 e. The van der Waals surface area contributed by atoms with Gasteiger partial charge < -0.3 is 9.57 Å². The van der Waals surface area contributed by atoms with Crippen molar-refractivity contribution in [2.75, 3.05) is 7.11 Å². The minimum absolute atomic E-state index is 0.0137. The lowest BCUT2D eigenvalue weighted by Gasteiger charge is -2.53. The maximum absolute atomic E-state index is 12.5. The van der Waals surface area contributed by atoms with Gasteiger partial charge in [0, 0.05) is 12.1 Å². The number of ether oxygens (including phenoxy) is 1. The number of rotatable bonds is 3. The van der Waals surface area contributed by atoms with E-state index in [1.165, 1.54) is 18.4 Å². The molecule has 0 radical (unpaired) electrons. The smallest absolute Gasteiger partial charge is 0.309 e. The number of nitrogens with zero attached hydrogens (tertiary/aromatic N) is 1. The van der Waals surface area contributed by atoms with Crippen molar-refractivity contribution in [3.05, 3.63) is 12.2 Å². The number of carbonyl (C=O) groups excluding carboxylic acids is 1. The zero-order chi connectivity index (χ0) is 17.8. The Hall–Kier alpha value is -1.32. The van der Waals surface area contributed by atoms with E-state index >= 15 is 0 Å². The van der Waals surface area contributed by atoms with Gasteiger partial charge >= 0.3 is 5.97 Å². The third-order valence-corrected chi connectivity index (χ3v) is 8.34. The van der Waals surface area contributed by atoms with Crippen LogP contribution in [0.3, 0.4) is 0 Å². The van der Waals surface area contributed by atoms with Gasteiger partial charge in [-0.05, 0) is 67.6 Å². The van der Waals surface area contributed by atoms with Crippen LogP contribution in [0.15, 0.2) is 17.3 Å². The first kappa shape index (κ1) is 17.1. The van der Waals surface area contributed by atoms with Gasteiger partial charge in [-0.1, -0.05) is 31.2 Å². The SMILES string of the molecule is C=C1CC[C@H]2[C@H](/C=N\OC)[C@@H]([C@@]3(C)CC[C@H]4C[C@@H]3C(=O)O4)CC[C@]12C. The summed E-state index contributed by atoms with van der Waals surface area (Å²) in [5.74, 6) is 1.48. The number of carbonyl (C=O) groups is 1. The van der Waals surface area contributed by atoms with E-state index in [1.807, 2.05) is 6.21 Å². The summed E-state index contributed by atoms with van der Waals surface area (Å²) >= 11 is 0. The maximum atomic E-state index is 12.5. The molecule has 0 N–H and O–H groups in total. The van der Waals surface area contributed by atoms with Gasteiger partial charge in [-0.3, -0.25) is 4.79 Å². The molecule has 7 atom stereocenters. The summed E-state index contributed by atoms with van der Waals surface area (Å²) in [6.07, 6.45) is 9.83. The molecule has 3 aliphatic carbocycles. The molecule has 1 aliphatic heterocycles. The van der Waals surface area contributed by atoms with Crippen LogP contribution in [0.1, 0.15) is 58.8 Å². The highest BCUT2D eigenvalue weighted by Gasteiger charge is 2.60. The molecular weight excluding hydrogens is 314 g/mol. The Balaban J connectivity index is 1.69. The molecule has 4 rings (SSSR count). The van der Waals surface area contributed by atoms with Crippen molar-refractivity contribution in [3.8, 4) is 0 Å². The fourth-order valence-electron chi connectivity index (χ4n) is 6.67. The Kier molecular flexibility index (Phi) is 4.01. The number of hydrogen-bond donors (Lipinski definition) is 0. The van der Waals surface area contributed by atoms with E-state index in [2.05, 4.69) is 25.6 Å². The molecule has 0 aromatic heterocycles. The summed E-state index contributed by atoms with van der Waals surface area (Å²) in [5.41, 5.74) is 1.63. The summed E-state index contributed by atoms with van der Waals surface area (Å²) in [7, 11) is 1.61. The van der Waals surface area contributed by atoms with Gasteiger partial charge in [-0.25, -0.2) is 0 Å². The maximum Gasteiger partial charge on any atom is 0.309 e. The molecule has 0 spiro atoms. The summed E-state index contributed by atoms with van der Waals surface area (Å²) in [5, 5.41) is 4.20. The van der Waals surface area contributed by atoms with Crippen molar-refractivity contribution < 1.29 is 14.4 Å². The Morgan fingerprint density at radius 2 is 2.04 bits per heavy atom. The second-order valence-corrected chi connectivity index (χ2v) is 9.22. The van der Waals surface area contributed by atoms with Crippen LogP contribution in [0.4, 0.5) is 0 Å². The number of esters is 1. The quantitative estimate of drug-likeness (QED) is 0.331. The third-order valence-electron chi connectivity index (χ3n) is 8.34. The van der Waals surface area contributed by atoms with Crippen LogP contribution in [0.25, 0.3) is 0 Å². The molecule has 1 saturated heterocycles. The van der Waals surface area contributed by atoms with Crippen LogP contribution in [-0.2, 0) is 14.4 Å². The van der Waals surface area contributed by atoms with E-state index < -0.39 is 0 Å². The molecule has 4 aliphatic rings. The van der Waals surface area contributed by atoms with Gasteiger partial charge in [0.15, 0.2) is 0 Å². The first-order valence-electron chi connectivity index (χ1n) is 9.85. The largest absolute Gasteiger partial charge is 0.462 e. The van der Waals surface area contributed by atoms with E-state index in [0.29, 0.717) is 17.8 Å². The summed E-state index contributed by atoms with van der Waals surface area (Å²) < 4.78 is 5.60. The van der Waals surface area contributed by atoms with E-state index in [9.17, 15) is 4.79 Å². The van der Waals surface area contributed by atoms with E-state index in [-0.39, 0.29) is 28.8 Å². The highest BCUT2D eigenvalue weighted by molar-refractivity contribution is 5.76. The summed E-state index contributed by atoms with van der Waals surface area (Å²) in [4.78, 5) is 17.5. The average molecular weight is 345 g/mol. The Morgan fingerprint density at radius 1 is 1.24 bits per heavy atom. The van der Waals surface area contributed by atoms with E-state index in [4.69, 9.17) is 9.57 Å². The van der Waals surface area contributed by atoms with Crippen molar-refractivity contribution in [3.63, 3.8) is 0 Å². The average Bonchev–Trinajstić information content (AvgIpc) is 3.08. The van der Waals surface area contributed by atoms with Gasteiger partial charge in [-0.15, -0.1) is 0 Å². The molecule has 4 heteroatoms.